The van der Waals surface area contributed by atoms with E-state index in [1.54, 1.807) is 12.4 Å². The molecule has 0 aliphatic rings. The van der Waals surface area contributed by atoms with Gasteiger partial charge in [0.15, 0.2) is 0 Å². The van der Waals surface area contributed by atoms with Gasteiger partial charge in [-0.25, -0.2) is 4.98 Å². The van der Waals surface area contributed by atoms with Crippen molar-refractivity contribution in [3.8, 4) is 0 Å². The highest BCUT2D eigenvalue weighted by Crippen LogP contribution is 2.25. The third-order valence-corrected chi connectivity index (χ3v) is 2.48. The second kappa shape index (κ2) is 4.91. The van der Waals surface area contributed by atoms with Crippen molar-refractivity contribution in [2.24, 2.45) is 0 Å². The molecule has 0 radical (unpaired) electrons. The van der Waals surface area contributed by atoms with Crippen LogP contribution in [0.2, 0.25) is 0 Å². The number of aromatic nitrogens is 3. The second-order valence-corrected chi connectivity index (χ2v) is 4.15. The molecule has 0 aliphatic heterocycles. The maximum Gasteiger partial charge on any atom is 0.312 e. The minimum absolute atomic E-state index is 0.0668. The predicted octanol–water partition coefficient (Wildman–Crippen LogP) is 2.09. The van der Waals surface area contributed by atoms with E-state index in [-0.39, 0.29) is 11.5 Å². The number of pyridine rings is 1. The Bertz CT molecular complexity index is 528. The zero-order valence-electron chi connectivity index (χ0n) is 8.55. The molecule has 2 aromatic heterocycles. The van der Waals surface area contributed by atoms with Crippen LogP contribution in [-0.2, 0) is 6.54 Å². The van der Waals surface area contributed by atoms with Gasteiger partial charge in [0.2, 0.25) is 5.82 Å². The normalized spacial score (nSPS) is 10.2. The van der Waals surface area contributed by atoms with Gasteiger partial charge in [0, 0.05) is 35.0 Å². The monoisotopic (exact) mass is 297 g/mol. The molecule has 0 fully saturated rings. The highest BCUT2D eigenvalue weighted by Gasteiger charge is 2.15. The molecule has 0 unspecified atom stereocenters. The Morgan fingerprint density at radius 1 is 1.53 bits per heavy atom. The van der Waals surface area contributed by atoms with Crippen LogP contribution in [-0.4, -0.2) is 20.1 Å². The fourth-order valence-electron chi connectivity index (χ4n) is 1.26. The Kier molecular flexibility index (Phi) is 3.33. The van der Waals surface area contributed by atoms with Gasteiger partial charge in [0.25, 0.3) is 0 Å². The molecule has 2 aromatic rings. The lowest BCUT2D eigenvalue weighted by Crippen LogP contribution is -2.04. The molecule has 88 valence electrons. The molecule has 0 atom stereocenters. The third kappa shape index (κ3) is 2.78. The standard InChI is InChI=1S/C9H8BrN5O2/c10-7-1-8(15(16)17)9(12-5-7)11-2-6-3-13-14-4-6/h1,3-5H,2H2,(H,11,12)(H,13,14). The van der Waals surface area contributed by atoms with E-state index in [9.17, 15) is 10.1 Å². The van der Waals surface area contributed by atoms with Crippen molar-refractivity contribution >= 4 is 27.4 Å². The summed E-state index contributed by atoms with van der Waals surface area (Å²) in [6.45, 7) is 0.423. The summed E-state index contributed by atoms with van der Waals surface area (Å²) in [5.74, 6) is 0.236. The fourth-order valence-corrected chi connectivity index (χ4v) is 1.58. The molecule has 2 heterocycles. The quantitative estimate of drug-likeness (QED) is 0.665. The van der Waals surface area contributed by atoms with Gasteiger partial charge < -0.3 is 5.32 Å². The van der Waals surface area contributed by atoms with E-state index < -0.39 is 4.92 Å². The van der Waals surface area contributed by atoms with Gasteiger partial charge in [0.05, 0.1) is 11.1 Å². The number of anilines is 1. The molecule has 0 amide bonds. The first-order valence-corrected chi connectivity index (χ1v) is 5.47. The van der Waals surface area contributed by atoms with Crippen LogP contribution in [0.1, 0.15) is 5.56 Å². The first-order valence-electron chi connectivity index (χ1n) is 4.68. The maximum absolute atomic E-state index is 10.8. The first kappa shape index (κ1) is 11.5. The van der Waals surface area contributed by atoms with Gasteiger partial charge in [-0.05, 0) is 15.9 Å². The van der Waals surface area contributed by atoms with Crippen LogP contribution >= 0.6 is 15.9 Å². The number of nitro groups is 1. The van der Waals surface area contributed by atoms with Crippen molar-refractivity contribution in [1.82, 2.24) is 15.2 Å². The van der Waals surface area contributed by atoms with Crippen LogP contribution < -0.4 is 5.32 Å². The van der Waals surface area contributed by atoms with Gasteiger partial charge in [-0.3, -0.25) is 15.2 Å². The lowest BCUT2D eigenvalue weighted by Gasteiger charge is -2.04. The summed E-state index contributed by atoms with van der Waals surface area (Å²) in [5, 5.41) is 20.2. The van der Waals surface area contributed by atoms with Crippen LogP contribution in [0.4, 0.5) is 11.5 Å². The number of hydrogen-bond acceptors (Lipinski definition) is 5. The predicted molar refractivity (Wildman–Crippen MR) is 64.5 cm³/mol. The smallest absolute Gasteiger partial charge is 0.312 e. The average Bonchev–Trinajstić information content (AvgIpc) is 2.80. The van der Waals surface area contributed by atoms with E-state index in [0.717, 1.165) is 5.56 Å². The first-order chi connectivity index (χ1) is 8.16. The Morgan fingerprint density at radius 2 is 2.35 bits per heavy atom. The molecule has 0 aliphatic carbocycles. The summed E-state index contributed by atoms with van der Waals surface area (Å²) >= 11 is 3.14. The van der Waals surface area contributed by atoms with Crippen molar-refractivity contribution < 1.29 is 4.92 Å². The van der Waals surface area contributed by atoms with E-state index in [1.165, 1.54) is 12.3 Å². The molecule has 0 bridgehead atoms. The number of nitrogens with zero attached hydrogens (tertiary/aromatic N) is 3. The minimum Gasteiger partial charge on any atom is -0.360 e. The number of aromatic amines is 1. The number of halogens is 1. The van der Waals surface area contributed by atoms with E-state index in [2.05, 4.69) is 36.4 Å². The number of nitrogens with one attached hydrogen (secondary N) is 2. The third-order valence-electron chi connectivity index (χ3n) is 2.05. The van der Waals surface area contributed by atoms with Crippen molar-refractivity contribution in [3.63, 3.8) is 0 Å². The van der Waals surface area contributed by atoms with Crippen LogP contribution in [0.15, 0.2) is 29.1 Å². The van der Waals surface area contributed by atoms with Gasteiger partial charge in [0.1, 0.15) is 0 Å². The molecule has 2 rings (SSSR count). The molecular weight excluding hydrogens is 290 g/mol. The zero-order chi connectivity index (χ0) is 12.3. The molecule has 0 aromatic carbocycles. The molecule has 0 saturated heterocycles. The molecule has 7 nitrogen and oxygen atoms in total. The molecule has 0 spiro atoms. The van der Waals surface area contributed by atoms with E-state index in [1.807, 2.05) is 0 Å². The number of H-pyrrole nitrogens is 1. The van der Waals surface area contributed by atoms with Crippen molar-refractivity contribution in [1.29, 1.82) is 0 Å². The highest BCUT2D eigenvalue weighted by molar-refractivity contribution is 9.10. The highest BCUT2D eigenvalue weighted by atomic mass is 79.9. The summed E-state index contributed by atoms with van der Waals surface area (Å²) in [6.07, 6.45) is 4.85. The van der Waals surface area contributed by atoms with Gasteiger partial charge >= 0.3 is 5.69 Å². The second-order valence-electron chi connectivity index (χ2n) is 3.24. The van der Waals surface area contributed by atoms with E-state index in [4.69, 9.17) is 0 Å². The van der Waals surface area contributed by atoms with E-state index in [0.29, 0.717) is 11.0 Å². The Balaban J connectivity index is 2.17. The summed E-state index contributed by atoms with van der Waals surface area (Å²) in [7, 11) is 0. The molecule has 2 N–H and O–H groups in total. The zero-order valence-corrected chi connectivity index (χ0v) is 10.1. The van der Waals surface area contributed by atoms with Crippen LogP contribution in [0.25, 0.3) is 0 Å². The van der Waals surface area contributed by atoms with Crippen LogP contribution in [0.5, 0.6) is 0 Å². The SMILES string of the molecule is O=[N+]([O-])c1cc(Br)cnc1NCc1cn[nH]c1. The summed E-state index contributed by atoms with van der Waals surface area (Å²) in [5.41, 5.74) is 0.826. The molecule has 8 heteroatoms. The number of hydrogen-bond donors (Lipinski definition) is 2. The summed E-state index contributed by atoms with van der Waals surface area (Å²) < 4.78 is 0.568. The fraction of sp³-hybridized carbons (Fsp3) is 0.111. The maximum atomic E-state index is 10.8. The van der Waals surface area contributed by atoms with Gasteiger partial charge in [-0.2, -0.15) is 5.10 Å². The lowest BCUT2D eigenvalue weighted by molar-refractivity contribution is -0.384. The summed E-state index contributed by atoms with van der Waals surface area (Å²) in [6, 6.07) is 1.41. The van der Waals surface area contributed by atoms with E-state index >= 15 is 0 Å². The Labute approximate surface area is 105 Å². The van der Waals surface area contributed by atoms with Crippen LogP contribution in [0, 0.1) is 10.1 Å². The average molecular weight is 298 g/mol. The van der Waals surface area contributed by atoms with Crippen LogP contribution in [0.3, 0.4) is 0 Å². The minimum atomic E-state index is -0.477. The van der Waals surface area contributed by atoms with Gasteiger partial charge in [-0.1, -0.05) is 0 Å². The van der Waals surface area contributed by atoms with Crippen molar-refractivity contribution in [3.05, 3.63) is 44.8 Å². The van der Waals surface area contributed by atoms with Crippen molar-refractivity contribution in [2.45, 2.75) is 6.54 Å². The molecule has 17 heavy (non-hydrogen) atoms. The Hall–Kier alpha value is -1.96. The van der Waals surface area contributed by atoms with Crippen molar-refractivity contribution in [2.75, 3.05) is 5.32 Å². The number of rotatable bonds is 4. The largest absolute Gasteiger partial charge is 0.360 e. The summed E-state index contributed by atoms with van der Waals surface area (Å²) in [4.78, 5) is 14.3. The molecule has 0 saturated carbocycles. The topological polar surface area (TPSA) is 96.7 Å². The molecular formula is C9H8BrN5O2. The lowest BCUT2D eigenvalue weighted by atomic mass is 10.3. The Morgan fingerprint density at radius 3 is 3.00 bits per heavy atom. The van der Waals surface area contributed by atoms with Gasteiger partial charge in [-0.15, -0.1) is 0 Å².